The summed E-state index contributed by atoms with van der Waals surface area (Å²) < 4.78 is 5.08. The standard InChI is InChI=1S/C36H30N2/c1-3-13-25(14-4-1)37-31-21-9-7-17-29(31)35-27(19-11-23-33(35)37)28-20-12-24-34-36(28)30-18-8-10-22-32(30)38(34)26-15-5-2-6-16-26/h1,3-4,7-14,17-24,26H,2,5-6,15-16H2. The average Bonchev–Trinajstić information content (AvgIpc) is 3.51. The van der Waals surface area contributed by atoms with Gasteiger partial charge >= 0.3 is 0 Å². The fourth-order valence-electron chi connectivity index (χ4n) is 7.10. The van der Waals surface area contributed by atoms with Gasteiger partial charge in [-0.2, -0.15) is 0 Å². The van der Waals surface area contributed by atoms with Gasteiger partial charge < -0.3 is 9.13 Å². The second-order valence-electron chi connectivity index (χ2n) is 10.8. The summed E-state index contributed by atoms with van der Waals surface area (Å²) in [7, 11) is 0. The minimum atomic E-state index is 0.581. The van der Waals surface area contributed by atoms with Crippen molar-refractivity contribution in [3.05, 3.63) is 115 Å². The molecule has 7 aromatic rings. The van der Waals surface area contributed by atoms with E-state index in [1.54, 1.807) is 0 Å². The van der Waals surface area contributed by atoms with Crippen LogP contribution in [0.4, 0.5) is 0 Å². The van der Waals surface area contributed by atoms with Gasteiger partial charge in [0.25, 0.3) is 0 Å². The summed E-state index contributed by atoms with van der Waals surface area (Å²) in [5, 5.41) is 5.38. The van der Waals surface area contributed by atoms with E-state index in [4.69, 9.17) is 0 Å². The lowest BCUT2D eigenvalue weighted by atomic mass is 9.94. The molecule has 1 aliphatic carbocycles. The van der Waals surface area contributed by atoms with Crippen molar-refractivity contribution >= 4 is 43.6 Å². The zero-order valence-electron chi connectivity index (χ0n) is 21.5. The summed E-state index contributed by atoms with van der Waals surface area (Å²) in [6.07, 6.45) is 6.58. The summed E-state index contributed by atoms with van der Waals surface area (Å²) in [5.74, 6) is 0. The molecular formula is C36H30N2. The van der Waals surface area contributed by atoms with E-state index in [2.05, 4.69) is 124 Å². The molecule has 0 unspecified atom stereocenters. The quantitative estimate of drug-likeness (QED) is 0.233. The maximum absolute atomic E-state index is 2.67. The van der Waals surface area contributed by atoms with E-state index in [0.717, 1.165) is 0 Å². The maximum Gasteiger partial charge on any atom is 0.0547 e. The Hall–Kier alpha value is -4.30. The van der Waals surface area contributed by atoms with Crippen molar-refractivity contribution in [1.29, 1.82) is 0 Å². The first-order valence-electron chi connectivity index (χ1n) is 14.0. The molecule has 2 aromatic heterocycles. The van der Waals surface area contributed by atoms with Gasteiger partial charge in [-0.1, -0.05) is 98.1 Å². The molecule has 0 spiro atoms. The van der Waals surface area contributed by atoms with Crippen molar-refractivity contribution in [2.75, 3.05) is 0 Å². The number of rotatable bonds is 3. The molecular weight excluding hydrogens is 460 g/mol. The minimum absolute atomic E-state index is 0.581. The van der Waals surface area contributed by atoms with E-state index in [-0.39, 0.29) is 0 Å². The zero-order valence-corrected chi connectivity index (χ0v) is 21.5. The summed E-state index contributed by atoms with van der Waals surface area (Å²) in [6, 6.07) is 43.0. The molecule has 2 heterocycles. The second-order valence-corrected chi connectivity index (χ2v) is 10.8. The third kappa shape index (κ3) is 3.13. The van der Waals surface area contributed by atoms with Gasteiger partial charge in [0.15, 0.2) is 0 Å². The second kappa shape index (κ2) is 8.63. The Morgan fingerprint density at radius 1 is 0.447 bits per heavy atom. The first kappa shape index (κ1) is 21.8. The average molecular weight is 491 g/mol. The highest BCUT2D eigenvalue weighted by Gasteiger charge is 2.23. The summed E-state index contributed by atoms with van der Waals surface area (Å²) >= 11 is 0. The van der Waals surface area contributed by atoms with Crippen molar-refractivity contribution in [1.82, 2.24) is 9.13 Å². The van der Waals surface area contributed by atoms with E-state index in [0.29, 0.717) is 6.04 Å². The first-order chi connectivity index (χ1) is 18.9. The largest absolute Gasteiger partial charge is 0.337 e. The number of para-hydroxylation sites is 3. The Balaban J connectivity index is 1.48. The topological polar surface area (TPSA) is 9.86 Å². The Morgan fingerprint density at radius 3 is 1.74 bits per heavy atom. The lowest BCUT2D eigenvalue weighted by molar-refractivity contribution is 0.367. The number of hydrogen-bond acceptors (Lipinski definition) is 0. The van der Waals surface area contributed by atoms with Crippen molar-refractivity contribution in [2.45, 2.75) is 38.1 Å². The highest BCUT2D eigenvalue weighted by Crippen LogP contribution is 2.44. The molecule has 8 rings (SSSR count). The van der Waals surface area contributed by atoms with Crippen LogP contribution in [0.3, 0.4) is 0 Å². The molecule has 0 radical (unpaired) electrons. The molecule has 5 aromatic carbocycles. The highest BCUT2D eigenvalue weighted by molar-refractivity contribution is 6.21. The number of nitrogens with zero attached hydrogens (tertiary/aromatic N) is 2. The molecule has 184 valence electrons. The molecule has 1 saturated carbocycles. The van der Waals surface area contributed by atoms with E-state index >= 15 is 0 Å². The van der Waals surface area contributed by atoms with Gasteiger partial charge in [0, 0.05) is 44.3 Å². The van der Waals surface area contributed by atoms with Crippen LogP contribution in [-0.2, 0) is 0 Å². The number of benzene rings is 5. The lowest BCUT2D eigenvalue weighted by Gasteiger charge is -2.25. The third-order valence-electron chi connectivity index (χ3n) is 8.68. The normalized spacial score (nSPS) is 14.7. The molecule has 2 nitrogen and oxygen atoms in total. The number of fused-ring (bicyclic) bond motifs is 6. The summed E-state index contributed by atoms with van der Waals surface area (Å²) in [6.45, 7) is 0. The molecule has 1 fully saturated rings. The molecule has 0 bridgehead atoms. The predicted molar refractivity (Wildman–Crippen MR) is 161 cm³/mol. The van der Waals surface area contributed by atoms with Crippen LogP contribution in [0, 0.1) is 0 Å². The van der Waals surface area contributed by atoms with Crippen LogP contribution in [0.25, 0.3) is 60.4 Å². The van der Waals surface area contributed by atoms with Crippen LogP contribution >= 0.6 is 0 Å². The van der Waals surface area contributed by atoms with Crippen LogP contribution in [0.5, 0.6) is 0 Å². The van der Waals surface area contributed by atoms with Crippen LogP contribution in [-0.4, -0.2) is 9.13 Å². The zero-order chi connectivity index (χ0) is 25.1. The minimum Gasteiger partial charge on any atom is -0.337 e. The molecule has 2 heteroatoms. The molecule has 0 atom stereocenters. The Morgan fingerprint density at radius 2 is 1.00 bits per heavy atom. The van der Waals surface area contributed by atoms with Crippen LogP contribution < -0.4 is 0 Å². The lowest BCUT2D eigenvalue weighted by Crippen LogP contribution is -2.12. The fraction of sp³-hybridized carbons (Fsp3) is 0.167. The highest BCUT2D eigenvalue weighted by atomic mass is 15.0. The van der Waals surface area contributed by atoms with E-state index in [9.17, 15) is 0 Å². The third-order valence-corrected chi connectivity index (χ3v) is 8.68. The van der Waals surface area contributed by atoms with Gasteiger partial charge in [0.05, 0.1) is 11.0 Å². The van der Waals surface area contributed by atoms with E-state index in [1.807, 2.05) is 0 Å². The molecule has 0 amide bonds. The van der Waals surface area contributed by atoms with Gasteiger partial charge in [0.1, 0.15) is 0 Å². The first-order valence-corrected chi connectivity index (χ1v) is 14.0. The van der Waals surface area contributed by atoms with Gasteiger partial charge in [0.2, 0.25) is 0 Å². The van der Waals surface area contributed by atoms with Crippen molar-refractivity contribution in [2.24, 2.45) is 0 Å². The van der Waals surface area contributed by atoms with Gasteiger partial charge in [-0.25, -0.2) is 0 Å². The van der Waals surface area contributed by atoms with Crippen LogP contribution in [0.1, 0.15) is 38.1 Å². The summed E-state index contributed by atoms with van der Waals surface area (Å²) in [4.78, 5) is 0. The fourth-order valence-corrected chi connectivity index (χ4v) is 7.10. The predicted octanol–water partition coefficient (Wildman–Crippen LogP) is 10.1. The Labute approximate surface area is 222 Å². The van der Waals surface area contributed by atoms with Crippen LogP contribution in [0.2, 0.25) is 0 Å². The van der Waals surface area contributed by atoms with Crippen molar-refractivity contribution in [3.63, 3.8) is 0 Å². The molecule has 0 N–H and O–H groups in total. The summed E-state index contributed by atoms with van der Waals surface area (Å²) in [5.41, 5.74) is 9.09. The Bertz CT molecular complexity index is 1950. The maximum atomic E-state index is 2.67. The molecule has 0 aliphatic heterocycles. The molecule has 1 aliphatic rings. The van der Waals surface area contributed by atoms with Crippen molar-refractivity contribution < 1.29 is 0 Å². The van der Waals surface area contributed by atoms with Crippen molar-refractivity contribution in [3.8, 4) is 16.8 Å². The van der Waals surface area contributed by atoms with Gasteiger partial charge in [-0.15, -0.1) is 0 Å². The number of hydrogen-bond donors (Lipinski definition) is 0. The van der Waals surface area contributed by atoms with Gasteiger partial charge in [-0.05, 0) is 60.4 Å². The number of aromatic nitrogens is 2. The molecule has 38 heavy (non-hydrogen) atoms. The monoisotopic (exact) mass is 490 g/mol. The molecule has 0 saturated heterocycles. The van der Waals surface area contributed by atoms with Crippen LogP contribution in [0.15, 0.2) is 115 Å². The Kier molecular flexibility index (Phi) is 4.94. The van der Waals surface area contributed by atoms with E-state index in [1.165, 1.54) is 92.5 Å². The SMILES string of the molecule is c1ccc(-n2c3ccccc3c3c(-c4cccc5c4c4ccccc4n5C4CCCCC4)cccc32)cc1. The van der Waals surface area contributed by atoms with E-state index < -0.39 is 0 Å². The van der Waals surface area contributed by atoms with Gasteiger partial charge in [-0.3, -0.25) is 0 Å². The smallest absolute Gasteiger partial charge is 0.0547 e.